The summed E-state index contributed by atoms with van der Waals surface area (Å²) in [6.45, 7) is 6.33. The second-order valence-electron chi connectivity index (χ2n) is 6.67. The first-order valence-electron chi connectivity index (χ1n) is 8.82. The summed E-state index contributed by atoms with van der Waals surface area (Å²) < 4.78 is 1.74. The summed E-state index contributed by atoms with van der Waals surface area (Å²) in [6.07, 6.45) is 2.46. The number of aromatic nitrogens is 3. The number of carbonyl (C=O) groups is 2. The van der Waals surface area contributed by atoms with E-state index in [1.165, 1.54) is 11.9 Å². The minimum absolute atomic E-state index is 0.0158. The van der Waals surface area contributed by atoms with Gasteiger partial charge in [-0.25, -0.2) is 9.97 Å². The number of nitrogens with one attached hydrogen (secondary N) is 1. The maximum Gasteiger partial charge on any atom is 0.271 e. The molecule has 0 fully saturated rings. The minimum atomic E-state index is -0.605. The van der Waals surface area contributed by atoms with Crippen molar-refractivity contribution in [1.82, 2.24) is 19.7 Å². The topological polar surface area (TPSA) is 102 Å². The van der Waals surface area contributed by atoms with Gasteiger partial charge in [-0.2, -0.15) is 0 Å². The van der Waals surface area contributed by atoms with Gasteiger partial charge in [0.25, 0.3) is 5.91 Å². The van der Waals surface area contributed by atoms with Crippen LogP contribution in [0.1, 0.15) is 45.0 Å². The molecule has 7 heteroatoms. The van der Waals surface area contributed by atoms with Gasteiger partial charge in [0.15, 0.2) is 11.3 Å². The monoisotopic (exact) mass is 365 g/mol. The molecular formula is C20H23N5O2. The van der Waals surface area contributed by atoms with Crippen molar-refractivity contribution in [1.29, 1.82) is 0 Å². The Morgan fingerprint density at radius 1 is 1.15 bits per heavy atom. The maximum absolute atomic E-state index is 12.2. The van der Waals surface area contributed by atoms with Crippen LogP contribution in [0.4, 0.5) is 0 Å². The Morgan fingerprint density at radius 3 is 2.52 bits per heavy atom. The van der Waals surface area contributed by atoms with Gasteiger partial charge in [-0.05, 0) is 38.3 Å². The fourth-order valence-electron chi connectivity index (χ4n) is 3.10. The highest BCUT2D eigenvalue weighted by molar-refractivity contribution is 5.96. The molecule has 0 saturated carbocycles. The standard InChI is InChI=1S/C20H23N5O2/c1-12-4-6-15(7-5-12)10-22-17(26)9-8-16-13(2)24-20-18(19(21)27)23-11-25(20)14(16)3/h4-7,11H,8-10H2,1-3H3,(H2,21,27)(H,22,26). The third-order valence-corrected chi connectivity index (χ3v) is 4.70. The van der Waals surface area contributed by atoms with Crippen LogP contribution in [0.15, 0.2) is 30.6 Å². The minimum Gasteiger partial charge on any atom is -0.364 e. The van der Waals surface area contributed by atoms with Gasteiger partial charge in [0, 0.05) is 24.4 Å². The summed E-state index contributed by atoms with van der Waals surface area (Å²) in [5, 5.41) is 2.94. The van der Waals surface area contributed by atoms with Crippen molar-refractivity contribution in [2.24, 2.45) is 5.73 Å². The number of imidazole rings is 1. The number of nitrogens with zero attached hydrogens (tertiary/aromatic N) is 3. The van der Waals surface area contributed by atoms with Gasteiger partial charge in [-0.3, -0.25) is 14.0 Å². The Kier molecular flexibility index (Phi) is 5.21. The van der Waals surface area contributed by atoms with E-state index in [0.29, 0.717) is 25.0 Å². The van der Waals surface area contributed by atoms with E-state index in [4.69, 9.17) is 5.73 Å². The van der Waals surface area contributed by atoms with Crippen molar-refractivity contribution in [3.05, 3.63) is 64.4 Å². The number of amides is 2. The molecule has 3 aromatic rings. The molecule has 2 aromatic heterocycles. The summed E-state index contributed by atoms with van der Waals surface area (Å²) in [5.41, 5.74) is 10.9. The Bertz CT molecular complexity index is 1010. The van der Waals surface area contributed by atoms with Gasteiger partial charge in [-0.15, -0.1) is 0 Å². The second-order valence-corrected chi connectivity index (χ2v) is 6.67. The van der Waals surface area contributed by atoms with Gasteiger partial charge in [0.2, 0.25) is 5.91 Å². The van der Waals surface area contributed by atoms with Crippen molar-refractivity contribution < 1.29 is 9.59 Å². The predicted molar refractivity (Wildman–Crippen MR) is 102 cm³/mol. The van der Waals surface area contributed by atoms with Gasteiger partial charge in [0.1, 0.15) is 6.33 Å². The lowest BCUT2D eigenvalue weighted by atomic mass is 10.1. The lowest BCUT2D eigenvalue weighted by molar-refractivity contribution is -0.121. The molecule has 0 radical (unpaired) electrons. The Balaban J connectivity index is 1.68. The lowest BCUT2D eigenvalue weighted by Gasteiger charge is -2.12. The molecule has 27 heavy (non-hydrogen) atoms. The molecule has 7 nitrogen and oxygen atoms in total. The summed E-state index contributed by atoms with van der Waals surface area (Å²) in [6, 6.07) is 8.08. The summed E-state index contributed by atoms with van der Waals surface area (Å²) in [5.74, 6) is -0.620. The predicted octanol–water partition coefficient (Wildman–Crippen LogP) is 2.00. The van der Waals surface area contributed by atoms with Crippen LogP contribution >= 0.6 is 0 Å². The normalized spacial score (nSPS) is 10.9. The van der Waals surface area contributed by atoms with Gasteiger partial charge < -0.3 is 11.1 Å². The lowest BCUT2D eigenvalue weighted by Crippen LogP contribution is -2.23. The number of primary amides is 1. The number of hydrogen-bond acceptors (Lipinski definition) is 4. The summed E-state index contributed by atoms with van der Waals surface area (Å²) in [4.78, 5) is 32.2. The van der Waals surface area contributed by atoms with Crippen LogP contribution in [0, 0.1) is 20.8 Å². The maximum atomic E-state index is 12.2. The molecule has 1 aromatic carbocycles. The molecule has 0 spiro atoms. The van der Waals surface area contributed by atoms with E-state index >= 15 is 0 Å². The number of benzene rings is 1. The third kappa shape index (κ3) is 3.97. The Morgan fingerprint density at radius 2 is 1.85 bits per heavy atom. The zero-order chi connectivity index (χ0) is 19.6. The molecule has 0 saturated heterocycles. The van der Waals surface area contributed by atoms with E-state index in [2.05, 4.69) is 15.3 Å². The van der Waals surface area contributed by atoms with Crippen molar-refractivity contribution in [2.45, 2.75) is 40.2 Å². The number of fused-ring (bicyclic) bond motifs is 1. The molecular weight excluding hydrogens is 342 g/mol. The quantitative estimate of drug-likeness (QED) is 0.697. The smallest absolute Gasteiger partial charge is 0.271 e. The van der Waals surface area contributed by atoms with Crippen molar-refractivity contribution in [2.75, 3.05) is 0 Å². The molecule has 0 aliphatic rings. The summed E-state index contributed by atoms with van der Waals surface area (Å²) in [7, 11) is 0. The highest BCUT2D eigenvalue weighted by atomic mass is 16.2. The van der Waals surface area contributed by atoms with E-state index in [0.717, 1.165) is 22.5 Å². The highest BCUT2D eigenvalue weighted by Crippen LogP contribution is 2.18. The first-order chi connectivity index (χ1) is 12.9. The fourth-order valence-corrected chi connectivity index (χ4v) is 3.10. The number of rotatable bonds is 6. The zero-order valence-corrected chi connectivity index (χ0v) is 15.7. The Hall–Kier alpha value is -3.22. The molecule has 0 atom stereocenters. The number of aryl methyl sites for hydroxylation is 3. The first-order valence-corrected chi connectivity index (χ1v) is 8.82. The Labute approximate surface area is 157 Å². The van der Waals surface area contributed by atoms with Crippen LogP contribution in [0.3, 0.4) is 0 Å². The van der Waals surface area contributed by atoms with Crippen molar-refractivity contribution in [3.63, 3.8) is 0 Å². The number of nitrogens with two attached hydrogens (primary N) is 1. The van der Waals surface area contributed by atoms with E-state index < -0.39 is 5.91 Å². The fraction of sp³-hybridized carbons (Fsp3) is 0.300. The molecule has 2 heterocycles. The van der Waals surface area contributed by atoms with Crippen molar-refractivity contribution in [3.8, 4) is 0 Å². The molecule has 140 valence electrons. The molecule has 0 unspecified atom stereocenters. The first kappa shape index (κ1) is 18.6. The average molecular weight is 365 g/mol. The van der Waals surface area contributed by atoms with Crippen LogP contribution in [0.25, 0.3) is 5.65 Å². The van der Waals surface area contributed by atoms with Crippen LogP contribution < -0.4 is 11.1 Å². The van der Waals surface area contributed by atoms with Gasteiger partial charge >= 0.3 is 0 Å². The SMILES string of the molecule is Cc1ccc(CNC(=O)CCc2c(C)nc3c(C(N)=O)ncn3c2C)cc1. The largest absolute Gasteiger partial charge is 0.364 e. The molecule has 0 aliphatic carbocycles. The van der Waals surface area contributed by atoms with Crippen LogP contribution in [-0.4, -0.2) is 26.2 Å². The van der Waals surface area contributed by atoms with Gasteiger partial charge in [-0.1, -0.05) is 29.8 Å². The van der Waals surface area contributed by atoms with E-state index in [-0.39, 0.29) is 11.6 Å². The molecule has 3 N–H and O–H groups in total. The van der Waals surface area contributed by atoms with Crippen LogP contribution in [0.2, 0.25) is 0 Å². The highest BCUT2D eigenvalue weighted by Gasteiger charge is 2.17. The molecule has 3 rings (SSSR count). The molecule has 2 amide bonds. The zero-order valence-electron chi connectivity index (χ0n) is 15.7. The van der Waals surface area contributed by atoms with E-state index in [1.54, 1.807) is 4.40 Å². The third-order valence-electron chi connectivity index (χ3n) is 4.70. The second kappa shape index (κ2) is 7.57. The number of hydrogen-bond donors (Lipinski definition) is 2. The average Bonchev–Trinajstić information content (AvgIpc) is 3.05. The van der Waals surface area contributed by atoms with Crippen LogP contribution in [-0.2, 0) is 17.8 Å². The molecule has 0 aliphatic heterocycles. The summed E-state index contributed by atoms with van der Waals surface area (Å²) >= 11 is 0. The van der Waals surface area contributed by atoms with Crippen molar-refractivity contribution >= 4 is 17.5 Å². The van der Waals surface area contributed by atoms with Crippen LogP contribution in [0.5, 0.6) is 0 Å². The molecule has 0 bridgehead atoms. The van der Waals surface area contributed by atoms with E-state index in [9.17, 15) is 9.59 Å². The number of carbonyl (C=O) groups excluding carboxylic acids is 2. The van der Waals surface area contributed by atoms with Gasteiger partial charge in [0.05, 0.1) is 0 Å². The van der Waals surface area contributed by atoms with E-state index in [1.807, 2.05) is 45.0 Å².